The maximum atomic E-state index is 6.31. The number of hydrogen-bond donors (Lipinski definition) is 1. The molecule has 0 saturated carbocycles. The van der Waals surface area contributed by atoms with E-state index in [1.165, 1.54) is 10.5 Å². The van der Waals surface area contributed by atoms with Gasteiger partial charge in [0.05, 0.1) is 0 Å². The van der Waals surface area contributed by atoms with Gasteiger partial charge >= 0.3 is 0 Å². The van der Waals surface area contributed by atoms with Crippen molar-refractivity contribution >= 4 is 39.3 Å². The zero-order valence-electron chi connectivity index (χ0n) is 11.2. The van der Waals surface area contributed by atoms with E-state index < -0.39 is 0 Å². The normalized spacial score (nSPS) is 14.0. The van der Waals surface area contributed by atoms with Crippen LogP contribution in [0, 0.1) is 0 Å². The van der Waals surface area contributed by atoms with Crippen LogP contribution in [0.3, 0.4) is 0 Å². The summed E-state index contributed by atoms with van der Waals surface area (Å²) < 4.78 is 1.08. The van der Waals surface area contributed by atoms with Crippen LogP contribution in [0.1, 0.15) is 24.2 Å². The summed E-state index contributed by atoms with van der Waals surface area (Å²) in [6.45, 7) is 2.12. The number of rotatable bonds is 5. The number of thioether (sulfide) groups is 1. The molecule has 0 heterocycles. The molecule has 20 heavy (non-hydrogen) atoms. The lowest BCUT2D eigenvalue weighted by atomic mass is 10.0. The molecule has 0 spiro atoms. The Morgan fingerprint density at radius 2 is 1.70 bits per heavy atom. The molecule has 2 aromatic rings. The van der Waals surface area contributed by atoms with Crippen LogP contribution in [-0.2, 0) is 0 Å². The van der Waals surface area contributed by atoms with Crippen LogP contribution in [-0.4, -0.2) is 6.04 Å². The van der Waals surface area contributed by atoms with Crippen LogP contribution < -0.4 is 5.73 Å². The highest BCUT2D eigenvalue weighted by molar-refractivity contribution is 9.10. The lowest BCUT2D eigenvalue weighted by Gasteiger charge is -2.23. The van der Waals surface area contributed by atoms with Crippen molar-refractivity contribution in [2.75, 3.05) is 0 Å². The minimum atomic E-state index is 0.122. The first kappa shape index (κ1) is 15.9. The molecule has 0 aliphatic heterocycles. The summed E-state index contributed by atoms with van der Waals surface area (Å²) >= 11 is 11.2. The van der Waals surface area contributed by atoms with Crippen molar-refractivity contribution < 1.29 is 0 Å². The second-order valence-electron chi connectivity index (χ2n) is 4.62. The first-order chi connectivity index (χ1) is 9.60. The first-order valence-corrected chi connectivity index (χ1v) is 8.58. The minimum Gasteiger partial charge on any atom is -0.326 e. The van der Waals surface area contributed by atoms with Gasteiger partial charge in [0.1, 0.15) is 0 Å². The van der Waals surface area contributed by atoms with Crippen molar-refractivity contribution in [3.63, 3.8) is 0 Å². The zero-order valence-corrected chi connectivity index (χ0v) is 14.4. The molecular formula is C16H17BrClNS. The molecule has 2 N–H and O–H groups in total. The fourth-order valence-corrected chi connectivity index (χ4v) is 3.57. The molecule has 0 fully saturated rings. The molecule has 0 amide bonds. The molecule has 2 atom stereocenters. The Kier molecular flexibility index (Phi) is 5.97. The van der Waals surface area contributed by atoms with Crippen LogP contribution in [0.15, 0.2) is 57.9 Å². The molecule has 0 saturated heterocycles. The number of hydrogen-bond acceptors (Lipinski definition) is 2. The van der Waals surface area contributed by atoms with E-state index in [4.69, 9.17) is 17.3 Å². The summed E-state index contributed by atoms with van der Waals surface area (Å²) in [4.78, 5) is 1.19. The summed E-state index contributed by atoms with van der Waals surface area (Å²) in [7, 11) is 0. The Balaban J connectivity index is 2.23. The highest BCUT2D eigenvalue weighted by Gasteiger charge is 2.19. The summed E-state index contributed by atoms with van der Waals surface area (Å²) in [5.41, 5.74) is 7.56. The Morgan fingerprint density at radius 3 is 2.25 bits per heavy atom. The van der Waals surface area contributed by atoms with Crippen molar-refractivity contribution in [1.29, 1.82) is 0 Å². The number of benzene rings is 2. The maximum Gasteiger partial charge on any atom is 0.0495 e. The molecule has 0 aliphatic rings. The topological polar surface area (TPSA) is 26.0 Å². The predicted molar refractivity (Wildman–Crippen MR) is 92.5 cm³/mol. The molecule has 0 aromatic heterocycles. The van der Waals surface area contributed by atoms with E-state index >= 15 is 0 Å². The monoisotopic (exact) mass is 369 g/mol. The van der Waals surface area contributed by atoms with Crippen LogP contribution >= 0.6 is 39.3 Å². The van der Waals surface area contributed by atoms with Gasteiger partial charge in [-0.1, -0.05) is 46.6 Å². The van der Waals surface area contributed by atoms with Gasteiger partial charge < -0.3 is 5.73 Å². The third-order valence-electron chi connectivity index (χ3n) is 3.14. The second kappa shape index (κ2) is 7.51. The quantitative estimate of drug-likeness (QED) is 0.686. The van der Waals surface area contributed by atoms with E-state index in [9.17, 15) is 0 Å². The van der Waals surface area contributed by atoms with Gasteiger partial charge in [-0.2, -0.15) is 0 Å². The average molecular weight is 371 g/mol. The van der Waals surface area contributed by atoms with Crippen LogP contribution in [0.4, 0.5) is 0 Å². The third-order valence-corrected chi connectivity index (χ3v) is 5.34. The highest BCUT2D eigenvalue weighted by Crippen LogP contribution is 2.38. The van der Waals surface area contributed by atoms with Crippen LogP contribution in [0.5, 0.6) is 0 Å². The van der Waals surface area contributed by atoms with Gasteiger partial charge in [-0.25, -0.2) is 0 Å². The zero-order chi connectivity index (χ0) is 14.5. The molecule has 0 aliphatic carbocycles. The Bertz CT molecular complexity index is 541. The van der Waals surface area contributed by atoms with Gasteiger partial charge in [0.25, 0.3) is 0 Å². The molecule has 4 heteroatoms. The van der Waals surface area contributed by atoms with Crippen molar-refractivity contribution in [2.24, 2.45) is 5.73 Å². The molecule has 1 nitrogen and oxygen atoms in total. The standard InChI is InChI=1S/C16H17BrClNS/c1-2-15(19)16(11-3-5-12(17)6-4-11)20-14-9-7-13(18)8-10-14/h3-10,15-16H,2,19H2,1H3. The van der Waals surface area contributed by atoms with E-state index in [0.717, 1.165) is 15.9 Å². The van der Waals surface area contributed by atoms with Gasteiger partial charge in [0.2, 0.25) is 0 Å². The van der Waals surface area contributed by atoms with Crippen molar-refractivity contribution in [3.8, 4) is 0 Å². The van der Waals surface area contributed by atoms with Crippen LogP contribution in [0.2, 0.25) is 5.02 Å². The third kappa shape index (κ3) is 4.26. The van der Waals surface area contributed by atoms with E-state index in [0.29, 0.717) is 0 Å². The SMILES string of the molecule is CCC(N)C(Sc1ccc(Cl)cc1)c1ccc(Br)cc1. The Morgan fingerprint density at radius 1 is 1.10 bits per heavy atom. The van der Waals surface area contributed by atoms with Gasteiger partial charge in [0.15, 0.2) is 0 Å². The van der Waals surface area contributed by atoms with Crippen LogP contribution in [0.25, 0.3) is 0 Å². The smallest absolute Gasteiger partial charge is 0.0495 e. The average Bonchev–Trinajstić information content (AvgIpc) is 2.47. The van der Waals surface area contributed by atoms with Gasteiger partial charge in [-0.05, 0) is 48.4 Å². The van der Waals surface area contributed by atoms with Crippen molar-refractivity contribution in [2.45, 2.75) is 29.5 Å². The fourth-order valence-electron chi connectivity index (χ4n) is 1.93. The molecule has 2 unspecified atom stereocenters. The molecule has 2 rings (SSSR count). The minimum absolute atomic E-state index is 0.122. The maximum absolute atomic E-state index is 6.31. The van der Waals surface area contributed by atoms with Gasteiger partial charge in [0, 0.05) is 25.7 Å². The molecule has 106 valence electrons. The fraction of sp³-hybridized carbons (Fsp3) is 0.250. The number of halogens is 2. The largest absolute Gasteiger partial charge is 0.326 e. The van der Waals surface area contributed by atoms with Crippen molar-refractivity contribution in [1.82, 2.24) is 0 Å². The van der Waals surface area contributed by atoms with E-state index in [-0.39, 0.29) is 11.3 Å². The Hall–Kier alpha value is -0.480. The Labute approximate surface area is 138 Å². The summed E-state index contributed by atoms with van der Waals surface area (Å²) in [5.74, 6) is 0. The first-order valence-electron chi connectivity index (χ1n) is 6.53. The summed E-state index contributed by atoms with van der Waals surface area (Å²) in [6.07, 6.45) is 0.946. The van der Waals surface area contributed by atoms with Gasteiger partial charge in [-0.15, -0.1) is 11.8 Å². The lowest BCUT2D eigenvalue weighted by molar-refractivity contribution is 0.634. The number of nitrogens with two attached hydrogens (primary N) is 1. The molecular weight excluding hydrogens is 354 g/mol. The predicted octanol–water partition coefficient (Wildman–Crippen LogP) is 5.67. The van der Waals surface area contributed by atoms with E-state index in [1.807, 2.05) is 24.3 Å². The van der Waals surface area contributed by atoms with E-state index in [2.05, 4.69) is 47.1 Å². The lowest BCUT2D eigenvalue weighted by Crippen LogP contribution is -2.25. The molecule has 2 aromatic carbocycles. The highest BCUT2D eigenvalue weighted by atomic mass is 79.9. The summed E-state index contributed by atoms with van der Waals surface area (Å²) in [5, 5.41) is 1.00. The van der Waals surface area contributed by atoms with Crippen molar-refractivity contribution in [3.05, 3.63) is 63.6 Å². The van der Waals surface area contributed by atoms with E-state index in [1.54, 1.807) is 11.8 Å². The second-order valence-corrected chi connectivity index (χ2v) is 7.18. The molecule has 0 bridgehead atoms. The van der Waals surface area contributed by atoms with Gasteiger partial charge in [-0.3, -0.25) is 0 Å². The molecule has 0 radical (unpaired) electrons. The summed E-state index contributed by atoms with van der Waals surface area (Å²) in [6, 6.07) is 16.4.